The Balaban J connectivity index is 2.75. The molecule has 0 aliphatic heterocycles. The van der Waals surface area contributed by atoms with Crippen LogP contribution >= 0.6 is 0 Å². The Morgan fingerprint density at radius 3 is 2.29 bits per heavy atom. The van der Waals surface area contributed by atoms with Crippen molar-refractivity contribution in [1.29, 1.82) is 0 Å². The first-order valence-electron chi connectivity index (χ1n) is 6.54. The minimum Gasteiger partial charge on any atom is -0.458 e. The van der Waals surface area contributed by atoms with Crippen molar-refractivity contribution in [3.8, 4) is 0 Å². The third-order valence-corrected chi connectivity index (χ3v) is 2.52. The van der Waals surface area contributed by atoms with E-state index in [0.717, 1.165) is 0 Å². The molecule has 0 aromatic heterocycles. The molecule has 0 fully saturated rings. The Morgan fingerprint density at radius 1 is 1.19 bits per heavy atom. The van der Waals surface area contributed by atoms with Crippen LogP contribution in [0.1, 0.15) is 48.4 Å². The van der Waals surface area contributed by atoms with E-state index in [9.17, 15) is 14.4 Å². The second-order valence-electron chi connectivity index (χ2n) is 5.67. The monoisotopic (exact) mass is 292 g/mol. The first-order chi connectivity index (χ1) is 9.60. The van der Waals surface area contributed by atoms with E-state index in [1.807, 2.05) is 0 Å². The van der Waals surface area contributed by atoms with Gasteiger partial charge in [0.05, 0.1) is 0 Å². The first-order valence-corrected chi connectivity index (χ1v) is 6.54. The summed E-state index contributed by atoms with van der Waals surface area (Å²) >= 11 is 0. The quantitative estimate of drug-likeness (QED) is 0.816. The highest BCUT2D eigenvalue weighted by Crippen LogP contribution is 2.09. The van der Waals surface area contributed by atoms with Gasteiger partial charge in [-0.25, -0.2) is 4.79 Å². The standard InChI is InChI=1S/C15H20N2O4/c1-9(14(20)21-15(2,3)4)17-13(19)11-7-5-6-10(8-11)12(16)18/h5-9H,1-4H3,(H2,16,18)(H,17,19)/t9-/m0/s1. The Bertz CT molecular complexity index is 561. The predicted octanol–water partition coefficient (Wildman–Crippen LogP) is 1.25. The lowest BCUT2D eigenvalue weighted by Crippen LogP contribution is -2.42. The van der Waals surface area contributed by atoms with Crippen molar-refractivity contribution in [3.05, 3.63) is 35.4 Å². The number of carbonyl (C=O) groups is 3. The molecule has 6 heteroatoms. The molecule has 0 aliphatic carbocycles. The molecule has 0 heterocycles. The maximum absolute atomic E-state index is 12.0. The van der Waals surface area contributed by atoms with Gasteiger partial charge in [0, 0.05) is 11.1 Å². The number of esters is 1. The van der Waals surface area contributed by atoms with Crippen LogP contribution in [-0.4, -0.2) is 29.4 Å². The summed E-state index contributed by atoms with van der Waals surface area (Å²) in [6.45, 7) is 6.77. The molecule has 1 rings (SSSR count). The van der Waals surface area contributed by atoms with E-state index in [4.69, 9.17) is 10.5 Å². The molecule has 0 radical (unpaired) electrons. The van der Waals surface area contributed by atoms with Crippen LogP contribution in [0.4, 0.5) is 0 Å². The van der Waals surface area contributed by atoms with Gasteiger partial charge in [0.15, 0.2) is 0 Å². The third-order valence-electron chi connectivity index (χ3n) is 2.52. The number of hydrogen-bond donors (Lipinski definition) is 2. The van der Waals surface area contributed by atoms with Gasteiger partial charge in [-0.15, -0.1) is 0 Å². The summed E-state index contributed by atoms with van der Waals surface area (Å²) in [5, 5.41) is 2.52. The van der Waals surface area contributed by atoms with E-state index < -0.39 is 29.4 Å². The van der Waals surface area contributed by atoms with Gasteiger partial charge in [-0.2, -0.15) is 0 Å². The summed E-state index contributed by atoms with van der Waals surface area (Å²) < 4.78 is 5.17. The van der Waals surface area contributed by atoms with Crippen molar-refractivity contribution in [1.82, 2.24) is 5.32 Å². The molecule has 0 unspecified atom stereocenters. The Morgan fingerprint density at radius 2 is 1.76 bits per heavy atom. The number of amides is 2. The lowest BCUT2D eigenvalue weighted by molar-refractivity contribution is -0.156. The summed E-state index contributed by atoms with van der Waals surface area (Å²) in [5.74, 6) is -1.62. The van der Waals surface area contributed by atoms with Crippen molar-refractivity contribution in [2.75, 3.05) is 0 Å². The minimum absolute atomic E-state index is 0.229. The van der Waals surface area contributed by atoms with Gasteiger partial charge in [0.25, 0.3) is 5.91 Å². The Hall–Kier alpha value is -2.37. The SMILES string of the molecule is C[C@H](NC(=O)c1cccc(C(N)=O)c1)C(=O)OC(C)(C)C. The lowest BCUT2D eigenvalue weighted by Gasteiger charge is -2.22. The maximum Gasteiger partial charge on any atom is 0.328 e. The van der Waals surface area contributed by atoms with E-state index in [1.54, 1.807) is 26.8 Å². The van der Waals surface area contributed by atoms with Crippen LogP contribution in [0.3, 0.4) is 0 Å². The van der Waals surface area contributed by atoms with Crippen LogP contribution < -0.4 is 11.1 Å². The highest BCUT2D eigenvalue weighted by Gasteiger charge is 2.23. The normalized spacial score (nSPS) is 12.4. The summed E-state index contributed by atoms with van der Waals surface area (Å²) in [4.78, 5) is 34.9. The fourth-order valence-electron chi connectivity index (χ4n) is 1.54. The molecule has 0 spiro atoms. The molecule has 21 heavy (non-hydrogen) atoms. The molecule has 2 amide bonds. The van der Waals surface area contributed by atoms with E-state index in [-0.39, 0.29) is 11.1 Å². The number of benzene rings is 1. The highest BCUT2D eigenvalue weighted by molar-refractivity contribution is 6.00. The lowest BCUT2D eigenvalue weighted by atomic mass is 10.1. The molecule has 6 nitrogen and oxygen atoms in total. The average molecular weight is 292 g/mol. The van der Waals surface area contributed by atoms with Gasteiger partial charge in [-0.3, -0.25) is 9.59 Å². The van der Waals surface area contributed by atoms with Crippen LogP contribution in [0, 0.1) is 0 Å². The largest absolute Gasteiger partial charge is 0.458 e. The predicted molar refractivity (Wildman–Crippen MR) is 77.7 cm³/mol. The summed E-state index contributed by atoms with van der Waals surface area (Å²) in [5.41, 5.74) is 5.01. The van der Waals surface area contributed by atoms with E-state index in [2.05, 4.69) is 5.32 Å². The molecule has 1 aromatic carbocycles. The van der Waals surface area contributed by atoms with Crippen LogP contribution in [0.5, 0.6) is 0 Å². The highest BCUT2D eigenvalue weighted by atomic mass is 16.6. The van der Waals surface area contributed by atoms with Crippen LogP contribution in [-0.2, 0) is 9.53 Å². The second kappa shape index (κ2) is 6.39. The number of hydrogen-bond acceptors (Lipinski definition) is 4. The molecule has 0 aliphatic rings. The second-order valence-corrected chi connectivity index (χ2v) is 5.67. The number of carbonyl (C=O) groups excluding carboxylic acids is 3. The fraction of sp³-hybridized carbons (Fsp3) is 0.400. The van der Waals surface area contributed by atoms with Gasteiger partial charge < -0.3 is 15.8 Å². The zero-order valence-electron chi connectivity index (χ0n) is 12.6. The van der Waals surface area contributed by atoms with Crippen molar-refractivity contribution >= 4 is 17.8 Å². The molecule has 0 saturated carbocycles. The van der Waals surface area contributed by atoms with Crippen molar-refractivity contribution < 1.29 is 19.1 Å². The Labute approximate surface area is 123 Å². The summed E-state index contributed by atoms with van der Waals surface area (Å²) in [7, 11) is 0. The molecule has 114 valence electrons. The number of nitrogens with two attached hydrogens (primary N) is 1. The zero-order chi connectivity index (χ0) is 16.2. The topological polar surface area (TPSA) is 98.5 Å². The molecule has 3 N–H and O–H groups in total. The van der Waals surface area contributed by atoms with Gasteiger partial charge in [0.2, 0.25) is 5.91 Å². The smallest absolute Gasteiger partial charge is 0.328 e. The fourth-order valence-corrected chi connectivity index (χ4v) is 1.54. The van der Waals surface area contributed by atoms with E-state index >= 15 is 0 Å². The Kier molecular flexibility index (Phi) is 5.07. The number of primary amides is 1. The number of rotatable bonds is 4. The van der Waals surface area contributed by atoms with Crippen molar-refractivity contribution in [3.63, 3.8) is 0 Å². The van der Waals surface area contributed by atoms with Crippen LogP contribution in [0.2, 0.25) is 0 Å². The summed E-state index contributed by atoms with van der Waals surface area (Å²) in [6, 6.07) is 5.17. The molecular weight excluding hydrogens is 272 g/mol. The number of ether oxygens (including phenoxy) is 1. The van der Waals surface area contributed by atoms with Crippen LogP contribution in [0.25, 0.3) is 0 Å². The molecule has 0 bridgehead atoms. The van der Waals surface area contributed by atoms with E-state index in [0.29, 0.717) is 0 Å². The maximum atomic E-state index is 12.0. The van der Waals surface area contributed by atoms with Gasteiger partial charge in [0.1, 0.15) is 11.6 Å². The molecular formula is C15H20N2O4. The van der Waals surface area contributed by atoms with Crippen molar-refractivity contribution in [2.45, 2.75) is 39.3 Å². The minimum atomic E-state index is -0.797. The first kappa shape index (κ1) is 16.7. The van der Waals surface area contributed by atoms with E-state index in [1.165, 1.54) is 25.1 Å². The average Bonchev–Trinajstić information content (AvgIpc) is 2.36. The summed E-state index contributed by atoms with van der Waals surface area (Å²) in [6.07, 6.45) is 0. The number of nitrogens with one attached hydrogen (secondary N) is 1. The van der Waals surface area contributed by atoms with Gasteiger partial charge in [-0.05, 0) is 45.9 Å². The van der Waals surface area contributed by atoms with Gasteiger partial charge in [-0.1, -0.05) is 6.07 Å². The van der Waals surface area contributed by atoms with Crippen molar-refractivity contribution in [2.24, 2.45) is 5.73 Å². The molecule has 0 saturated heterocycles. The molecule has 1 aromatic rings. The van der Waals surface area contributed by atoms with Gasteiger partial charge >= 0.3 is 5.97 Å². The third kappa shape index (κ3) is 5.25. The van der Waals surface area contributed by atoms with Crippen LogP contribution in [0.15, 0.2) is 24.3 Å². The zero-order valence-corrected chi connectivity index (χ0v) is 12.6. The molecule has 1 atom stereocenters.